The number of carbonyl (C=O) groups is 1. The van der Waals surface area contributed by atoms with Gasteiger partial charge in [0.1, 0.15) is 0 Å². The summed E-state index contributed by atoms with van der Waals surface area (Å²) in [6.45, 7) is 5.18. The Hall–Kier alpha value is -2.08. The lowest BCUT2D eigenvalue weighted by atomic mass is 9.98. The lowest BCUT2D eigenvalue weighted by Crippen LogP contribution is -2.46. The molecular formula is C18H23ClN4O2. The number of amides is 2. The standard InChI is InChI=1S/C18H23ClN4O2/c1-3-16(13-6-4-8-15(19)10-13)21-18(24)23-9-5-7-14(11-23)17-20-12(2)22-25-17/h4,6,8,10,14,16H,3,5,7,9,11H2,1-2H3,(H,21,24)/t14-,16-/m1/s1. The summed E-state index contributed by atoms with van der Waals surface area (Å²) in [5.41, 5.74) is 1.02. The van der Waals surface area contributed by atoms with E-state index in [1.807, 2.05) is 36.1 Å². The maximum Gasteiger partial charge on any atom is 0.317 e. The number of nitrogens with zero attached hydrogens (tertiary/aromatic N) is 3. The first-order chi connectivity index (χ1) is 12.1. The molecule has 1 aromatic carbocycles. The summed E-state index contributed by atoms with van der Waals surface area (Å²) in [5, 5.41) is 7.65. The average Bonchev–Trinajstić information content (AvgIpc) is 3.06. The van der Waals surface area contributed by atoms with Gasteiger partial charge in [0.15, 0.2) is 5.82 Å². The molecule has 0 saturated carbocycles. The van der Waals surface area contributed by atoms with Gasteiger partial charge in [0.25, 0.3) is 0 Å². The average molecular weight is 363 g/mol. The third kappa shape index (κ3) is 4.31. The van der Waals surface area contributed by atoms with Crippen molar-refractivity contribution in [3.8, 4) is 0 Å². The Morgan fingerprint density at radius 2 is 2.36 bits per heavy atom. The first-order valence-electron chi connectivity index (χ1n) is 8.68. The zero-order valence-corrected chi connectivity index (χ0v) is 15.3. The fourth-order valence-electron chi connectivity index (χ4n) is 3.23. The number of hydrogen-bond acceptors (Lipinski definition) is 4. The van der Waals surface area contributed by atoms with Gasteiger partial charge in [-0.1, -0.05) is 35.8 Å². The van der Waals surface area contributed by atoms with Crippen LogP contribution in [0.5, 0.6) is 0 Å². The van der Waals surface area contributed by atoms with E-state index < -0.39 is 0 Å². The van der Waals surface area contributed by atoms with Gasteiger partial charge in [-0.25, -0.2) is 4.79 Å². The number of piperidine rings is 1. The second kappa shape index (κ2) is 7.87. The molecule has 1 fully saturated rings. The van der Waals surface area contributed by atoms with E-state index in [0.717, 1.165) is 31.4 Å². The first-order valence-corrected chi connectivity index (χ1v) is 9.05. The fourth-order valence-corrected chi connectivity index (χ4v) is 3.43. The van der Waals surface area contributed by atoms with Crippen LogP contribution in [0.1, 0.15) is 55.4 Å². The number of halogens is 1. The van der Waals surface area contributed by atoms with Crippen LogP contribution >= 0.6 is 11.6 Å². The number of benzene rings is 1. The minimum absolute atomic E-state index is 0.0581. The maximum atomic E-state index is 12.7. The highest BCUT2D eigenvalue weighted by Gasteiger charge is 2.29. The Labute approximate surface area is 152 Å². The van der Waals surface area contributed by atoms with Crippen molar-refractivity contribution in [2.45, 2.75) is 45.1 Å². The summed E-state index contributed by atoms with van der Waals surface area (Å²) < 4.78 is 5.28. The Kier molecular flexibility index (Phi) is 5.58. The van der Waals surface area contributed by atoms with Gasteiger partial charge in [0, 0.05) is 18.1 Å². The van der Waals surface area contributed by atoms with Gasteiger partial charge in [-0.15, -0.1) is 0 Å². The Morgan fingerprint density at radius 1 is 1.52 bits per heavy atom. The van der Waals surface area contributed by atoms with Crippen molar-refractivity contribution < 1.29 is 9.32 Å². The highest BCUT2D eigenvalue weighted by atomic mass is 35.5. The molecule has 0 unspecified atom stereocenters. The van der Waals surface area contributed by atoms with E-state index in [2.05, 4.69) is 15.5 Å². The Balaban J connectivity index is 1.65. The number of aryl methyl sites for hydroxylation is 1. The largest absolute Gasteiger partial charge is 0.339 e. The third-order valence-corrected chi connectivity index (χ3v) is 4.79. The molecule has 0 aliphatic carbocycles. The molecule has 0 spiro atoms. The second-order valence-corrected chi connectivity index (χ2v) is 6.87. The predicted octanol–water partition coefficient (Wildman–Crippen LogP) is 4.07. The van der Waals surface area contributed by atoms with Crippen molar-refractivity contribution in [1.29, 1.82) is 0 Å². The lowest BCUT2D eigenvalue weighted by molar-refractivity contribution is 0.168. The second-order valence-electron chi connectivity index (χ2n) is 6.43. The summed E-state index contributed by atoms with van der Waals surface area (Å²) in [4.78, 5) is 18.9. The van der Waals surface area contributed by atoms with Crippen molar-refractivity contribution >= 4 is 17.6 Å². The minimum Gasteiger partial charge on any atom is -0.339 e. The van der Waals surface area contributed by atoms with Gasteiger partial charge in [0.2, 0.25) is 5.89 Å². The number of likely N-dealkylation sites (tertiary alicyclic amines) is 1. The fraction of sp³-hybridized carbons (Fsp3) is 0.500. The van der Waals surface area contributed by atoms with E-state index in [0.29, 0.717) is 23.3 Å². The van der Waals surface area contributed by atoms with Crippen LogP contribution in [0.2, 0.25) is 5.02 Å². The summed E-state index contributed by atoms with van der Waals surface area (Å²) in [5.74, 6) is 1.35. The molecule has 1 saturated heterocycles. The van der Waals surface area contributed by atoms with E-state index in [-0.39, 0.29) is 18.0 Å². The van der Waals surface area contributed by atoms with Gasteiger partial charge in [-0.2, -0.15) is 4.98 Å². The number of rotatable bonds is 4. The van der Waals surface area contributed by atoms with Gasteiger partial charge >= 0.3 is 6.03 Å². The van der Waals surface area contributed by atoms with Crippen LogP contribution in [0.4, 0.5) is 4.79 Å². The number of hydrogen-bond donors (Lipinski definition) is 1. The summed E-state index contributed by atoms with van der Waals surface area (Å²) in [7, 11) is 0. The van der Waals surface area contributed by atoms with Crippen LogP contribution < -0.4 is 5.32 Å². The molecular weight excluding hydrogens is 340 g/mol. The molecule has 25 heavy (non-hydrogen) atoms. The zero-order chi connectivity index (χ0) is 17.8. The van der Waals surface area contributed by atoms with Crippen LogP contribution in [0.15, 0.2) is 28.8 Å². The Bertz CT molecular complexity index is 733. The molecule has 6 nitrogen and oxygen atoms in total. The van der Waals surface area contributed by atoms with E-state index in [9.17, 15) is 4.79 Å². The lowest BCUT2D eigenvalue weighted by Gasteiger charge is -2.32. The van der Waals surface area contributed by atoms with Gasteiger partial charge in [0.05, 0.1) is 12.0 Å². The maximum absolute atomic E-state index is 12.7. The predicted molar refractivity (Wildman–Crippen MR) is 95.6 cm³/mol. The normalized spacial score (nSPS) is 18.8. The van der Waals surface area contributed by atoms with Crippen LogP contribution in [0.25, 0.3) is 0 Å². The van der Waals surface area contributed by atoms with Crippen LogP contribution in [0, 0.1) is 6.92 Å². The SMILES string of the molecule is CC[C@@H](NC(=O)N1CCC[C@@H](c2nc(C)no2)C1)c1cccc(Cl)c1. The molecule has 2 atom stereocenters. The molecule has 1 aromatic heterocycles. The number of carbonyl (C=O) groups excluding carboxylic acids is 1. The molecule has 2 amide bonds. The molecule has 134 valence electrons. The Morgan fingerprint density at radius 3 is 3.04 bits per heavy atom. The van der Waals surface area contributed by atoms with E-state index >= 15 is 0 Å². The van der Waals surface area contributed by atoms with E-state index in [1.165, 1.54) is 0 Å². The molecule has 1 aliphatic heterocycles. The minimum atomic E-state index is -0.0623. The molecule has 2 aromatic rings. The summed E-state index contributed by atoms with van der Waals surface area (Å²) in [6, 6.07) is 7.50. The van der Waals surface area contributed by atoms with Crippen molar-refractivity contribution in [3.05, 3.63) is 46.6 Å². The third-order valence-electron chi connectivity index (χ3n) is 4.56. The van der Waals surface area contributed by atoms with Gasteiger partial charge in [-0.3, -0.25) is 0 Å². The van der Waals surface area contributed by atoms with Crippen molar-refractivity contribution in [2.75, 3.05) is 13.1 Å². The highest BCUT2D eigenvalue weighted by molar-refractivity contribution is 6.30. The van der Waals surface area contributed by atoms with E-state index in [4.69, 9.17) is 16.1 Å². The summed E-state index contributed by atoms with van der Waals surface area (Å²) in [6.07, 6.45) is 2.68. The monoisotopic (exact) mass is 362 g/mol. The molecule has 3 rings (SSSR count). The molecule has 1 aliphatic rings. The molecule has 0 bridgehead atoms. The highest BCUT2D eigenvalue weighted by Crippen LogP contribution is 2.26. The molecule has 1 N–H and O–H groups in total. The van der Waals surface area contributed by atoms with Crippen LogP contribution in [-0.4, -0.2) is 34.2 Å². The zero-order valence-electron chi connectivity index (χ0n) is 14.5. The van der Waals surface area contributed by atoms with Gasteiger partial charge in [-0.05, 0) is 43.9 Å². The van der Waals surface area contributed by atoms with Crippen LogP contribution in [-0.2, 0) is 0 Å². The molecule has 7 heteroatoms. The smallest absolute Gasteiger partial charge is 0.317 e. The number of nitrogens with one attached hydrogen (secondary N) is 1. The number of urea groups is 1. The summed E-state index contributed by atoms with van der Waals surface area (Å²) >= 11 is 6.07. The molecule has 0 radical (unpaired) electrons. The van der Waals surface area contributed by atoms with Crippen molar-refractivity contribution in [1.82, 2.24) is 20.4 Å². The van der Waals surface area contributed by atoms with Crippen molar-refractivity contribution in [2.24, 2.45) is 0 Å². The topological polar surface area (TPSA) is 71.3 Å². The van der Waals surface area contributed by atoms with Crippen LogP contribution in [0.3, 0.4) is 0 Å². The first kappa shape index (κ1) is 17.7. The van der Waals surface area contributed by atoms with Gasteiger partial charge < -0.3 is 14.7 Å². The number of aromatic nitrogens is 2. The van der Waals surface area contributed by atoms with E-state index in [1.54, 1.807) is 6.92 Å². The molecule has 2 heterocycles. The quantitative estimate of drug-likeness (QED) is 0.889. The van der Waals surface area contributed by atoms with Crippen molar-refractivity contribution in [3.63, 3.8) is 0 Å².